The number of Topliss-reactive ketones (excluding diaryl/α,β-unsaturated/α-hetero) is 1. The fraction of sp³-hybridized carbons (Fsp3) is 0.179. The Morgan fingerprint density at radius 2 is 1.89 bits per heavy atom. The molecule has 3 heterocycles. The van der Waals surface area contributed by atoms with Gasteiger partial charge in [-0.3, -0.25) is 14.5 Å². The van der Waals surface area contributed by atoms with E-state index in [1.807, 2.05) is 44.2 Å². The number of aromatic nitrogens is 1. The average molecular weight is 517 g/mol. The number of ketones is 1. The zero-order valence-electron chi connectivity index (χ0n) is 19.5. The Balaban J connectivity index is 1.53. The van der Waals surface area contributed by atoms with Crippen LogP contribution in [0.5, 0.6) is 5.75 Å². The van der Waals surface area contributed by atoms with Gasteiger partial charge in [-0.15, -0.1) is 0 Å². The number of benzene rings is 3. The summed E-state index contributed by atoms with van der Waals surface area (Å²) in [6.45, 7) is 3.94. The lowest BCUT2D eigenvalue weighted by molar-refractivity contribution is -0.132. The number of hydrogen-bond donors (Lipinski definition) is 1. The number of amides is 1. The molecule has 2 aliphatic rings. The summed E-state index contributed by atoms with van der Waals surface area (Å²) < 4.78 is 6.58. The second kappa shape index (κ2) is 8.47. The van der Waals surface area contributed by atoms with Crippen molar-refractivity contribution < 1.29 is 19.4 Å². The summed E-state index contributed by atoms with van der Waals surface area (Å²) in [6, 6.07) is 17.4. The number of aliphatic hydroxyl groups excluding tert-OH is 1. The van der Waals surface area contributed by atoms with Crippen LogP contribution in [0.25, 0.3) is 16.0 Å². The lowest BCUT2D eigenvalue weighted by Gasteiger charge is -2.23. The van der Waals surface area contributed by atoms with Gasteiger partial charge >= 0.3 is 5.91 Å². The first-order valence-corrected chi connectivity index (χ1v) is 12.7. The summed E-state index contributed by atoms with van der Waals surface area (Å²) in [6.07, 6.45) is 0.753. The normalized spacial score (nSPS) is 20.7. The first kappa shape index (κ1) is 22.8. The minimum Gasteiger partial charge on any atom is -0.507 e. The smallest absolute Gasteiger partial charge is 0.301 e. The molecule has 1 amide bonds. The Kier molecular flexibility index (Phi) is 5.35. The van der Waals surface area contributed by atoms with Crippen LogP contribution in [0.4, 0.5) is 5.13 Å². The van der Waals surface area contributed by atoms with Crippen LogP contribution in [0.2, 0.25) is 5.02 Å². The number of halogens is 1. The number of ether oxygens (including phenoxy) is 1. The van der Waals surface area contributed by atoms with E-state index in [1.165, 1.54) is 16.2 Å². The number of nitrogens with zero attached hydrogens (tertiary/aromatic N) is 2. The van der Waals surface area contributed by atoms with E-state index in [9.17, 15) is 14.7 Å². The van der Waals surface area contributed by atoms with E-state index < -0.39 is 17.7 Å². The Bertz CT molecular complexity index is 1590. The molecule has 2 aliphatic heterocycles. The van der Waals surface area contributed by atoms with Crippen LogP contribution in [0.1, 0.15) is 35.2 Å². The van der Waals surface area contributed by atoms with Crippen molar-refractivity contribution in [3.63, 3.8) is 0 Å². The van der Waals surface area contributed by atoms with Gasteiger partial charge in [-0.1, -0.05) is 52.8 Å². The topological polar surface area (TPSA) is 79.7 Å². The Hall–Kier alpha value is -3.68. The number of carbonyl (C=O) groups excluding carboxylic acids is 2. The zero-order chi connectivity index (χ0) is 25.1. The molecule has 6 nitrogen and oxygen atoms in total. The van der Waals surface area contributed by atoms with E-state index in [0.717, 1.165) is 21.6 Å². The maximum absolute atomic E-state index is 13.4. The molecule has 0 saturated carbocycles. The van der Waals surface area contributed by atoms with Gasteiger partial charge in [0.25, 0.3) is 5.78 Å². The third-order valence-electron chi connectivity index (χ3n) is 6.55. The van der Waals surface area contributed by atoms with Crippen molar-refractivity contribution >= 4 is 55.7 Å². The fourth-order valence-corrected chi connectivity index (χ4v) is 6.08. The Labute approximate surface area is 216 Å². The van der Waals surface area contributed by atoms with Crippen molar-refractivity contribution in [2.75, 3.05) is 4.90 Å². The number of aliphatic hydroxyl groups is 1. The van der Waals surface area contributed by atoms with Gasteiger partial charge in [0.1, 0.15) is 17.6 Å². The van der Waals surface area contributed by atoms with E-state index in [0.29, 0.717) is 33.2 Å². The third kappa shape index (κ3) is 3.67. The van der Waals surface area contributed by atoms with Crippen LogP contribution in [-0.4, -0.2) is 27.9 Å². The number of fused-ring (bicyclic) bond motifs is 2. The SMILES string of the molecule is Cc1ccc([C@@H]2C(=C(O)c3ccc4c(c3)C[C@H](C)O4)C(=O)C(=O)N2c2nc3ccc(Cl)cc3s2)cc1. The van der Waals surface area contributed by atoms with Crippen LogP contribution in [0.3, 0.4) is 0 Å². The standard InChI is InChI=1S/C28H21ClN2O4S/c1-14-3-5-16(6-4-14)24-23(25(32)17-7-10-21-18(12-17)11-15(2)35-21)26(33)27(34)31(24)28-30-20-9-8-19(29)13-22(20)36-28/h3-10,12-13,15,24,32H,11H2,1-2H3/t15-,24+/m0/s1. The molecule has 8 heteroatoms. The Morgan fingerprint density at radius 3 is 2.67 bits per heavy atom. The Morgan fingerprint density at radius 1 is 1.11 bits per heavy atom. The summed E-state index contributed by atoms with van der Waals surface area (Å²) in [5.74, 6) is -0.929. The molecule has 0 bridgehead atoms. The molecule has 36 heavy (non-hydrogen) atoms. The highest BCUT2D eigenvalue weighted by atomic mass is 35.5. The molecule has 1 aromatic heterocycles. The van der Waals surface area contributed by atoms with Crippen molar-refractivity contribution in [3.8, 4) is 5.75 Å². The summed E-state index contributed by atoms with van der Waals surface area (Å²) in [5, 5.41) is 12.4. The second-order valence-corrected chi connectivity index (χ2v) is 10.6. The molecule has 180 valence electrons. The second-order valence-electron chi connectivity index (χ2n) is 9.14. The molecular weight excluding hydrogens is 496 g/mol. The molecule has 6 rings (SSSR count). The number of hydrogen-bond acceptors (Lipinski definition) is 6. The van der Waals surface area contributed by atoms with Crippen molar-refractivity contribution in [1.29, 1.82) is 0 Å². The lowest BCUT2D eigenvalue weighted by atomic mass is 9.94. The number of rotatable bonds is 3. The van der Waals surface area contributed by atoms with Gasteiger partial charge in [-0.25, -0.2) is 4.98 Å². The van der Waals surface area contributed by atoms with E-state index in [4.69, 9.17) is 16.3 Å². The maximum Gasteiger partial charge on any atom is 0.301 e. The highest BCUT2D eigenvalue weighted by molar-refractivity contribution is 7.22. The molecule has 0 spiro atoms. The lowest BCUT2D eigenvalue weighted by Crippen LogP contribution is -2.29. The summed E-state index contributed by atoms with van der Waals surface area (Å²) >= 11 is 7.43. The first-order valence-electron chi connectivity index (χ1n) is 11.5. The molecule has 4 aromatic rings. The van der Waals surface area contributed by atoms with Crippen LogP contribution in [-0.2, 0) is 16.0 Å². The summed E-state index contributed by atoms with van der Waals surface area (Å²) in [5.41, 5.74) is 3.88. The largest absolute Gasteiger partial charge is 0.507 e. The predicted octanol–water partition coefficient (Wildman–Crippen LogP) is 6.21. The molecule has 2 atom stereocenters. The van der Waals surface area contributed by atoms with E-state index >= 15 is 0 Å². The minimum absolute atomic E-state index is 0.0352. The molecule has 0 radical (unpaired) electrons. The third-order valence-corrected chi connectivity index (χ3v) is 7.80. The van der Waals surface area contributed by atoms with E-state index in [-0.39, 0.29) is 17.4 Å². The number of carbonyl (C=O) groups is 2. The molecule has 1 saturated heterocycles. The van der Waals surface area contributed by atoms with Gasteiger partial charge in [0.05, 0.1) is 21.8 Å². The van der Waals surface area contributed by atoms with Crippen molar-refractivity contribution in [1.82, 2.24) is 4.98 Å². The predicted molar refractivity (Wildman–Crippen MR) is 141 cm³/mol. The molecule has 1 N–H and O–H groups in total. The zero-order valence-corrected chi connectivity index (χ0v) is 21.1. The quantitative estimate of drug-likeness (QED) is 0.199. The van der Waals surface area contributed by atoms with E-state index in [2.05, 4.69) is 4.98 Å². The van der Waals surface area contributed by atoms with Crippen LogP contribution in [0.15, 0.2) is 66.2 Å². The van der Waals surface area contributed by atoms with Crippen molar-refractivity contribution in [2.45, 2.75) is 32.4 Å². The molecular formula is C28H21ClN2O4S. The number of anilines is 1. The summed E-state index contributed by atoms with van der Waals surface area (Å²) in [4.78, 5) is 32.9. The van der Waals surface area contributed by atoms with Crippen LogP contribution < -0.4 is 9.64 Å². The highest BCUT2D eigenvalue weighted by Gasteiger charge is 2.48. The molecule has 0 aliphatic carbocycles. The van der Waals surface area contributed by atoms with Crippen molar-refractivity contribution in [2.24, 2.45) is 0 Å². The van der Waals surface area contributed by atoms with E-state index in [1.54, 1.807) is 30.3 Å². The van der Waals surface area contributed by atoms with Crippen molar-refractivity contribution in [3.05, 3.63) is 93.5 Å². The van der Waals surface area contributed by atoms with Gasteiger partial charge in [-0.05, 0) is 61.4 Å². The minimum atomic E-state index is -0.829. The monoisotopic (exact) mass is 516 g/mol. The van der Waals surface area contributed by atoms with Gasteiger partial charge in [0.2, 0.25) is 0 Å². The first-order chi connectivity index (χ1) is 17.3. The van der Waals surface area contributed by atoms with Crippen LogP contribution >= 0.6 is 22.9 Å². The van der Waals surface area contributed by atoms with Gasteiger partial charge in [-0.2, -0.15) is 0 Å². The molecule has 1 fully saturated rings. The molecule has 3 aromatic carbocycles. The molecule has 0 unspecified atom stereocenters. The fourth-order valence-electron chi connectivity index (χ4n) is 4.81. The van der Waals surface area contributed by atoms with Gasteiger partial charge in [0, 0.05) is 17.0 Å². The maximum atomic E-state index is 13.4. The number of thiazole rings is 1. The van der Waals surface area contributed by atoms with Crippen LogP contribution in [0, 0.1) is 6.92 Å². The number of aryl methyl sites for hydroxylation is 1. The summed E-state index contributed by atoms with van der Waals surface area (Å²) in [7, 11) is 0. The van der Waals surface area contributed by atoms with Gasteiger partial charge in [0.15, 0.2) is 5.13 Å². The average Bonchev–Trinajstić information content (AvgIpc) is 3.51. The van der Waals surface area contributed by atoms with Gasteiger partial charge < -0.3 is 9.84 Å². The highest BCUT2D eigenvalue weighted by Crippen LogP contribution is 2.45.